The number of nitrogens with zero attached hydrogens (tertiary/aromatic N) is 2. The number of aliphatic hydroxyl groups is 1. The lowest BCUT2D eigenvalue weighted by Gasteiger charge is -2.38. The minimum Gasteiger partial charge on any atom is -0.480 e. The first-order valence-corrected chi connectivity index (χ1v) is 6.08. The molecular formula is C11H18N2O9. The molecule has 0 aromatic carbocycles. The molecule has 0 aliphatic carbocycles. The number of rotatable bonds is 11. The molecule has 11 nitrogen and oxygen atoms in total. The maximum absolute atomic E-state index is 10.8. The molecule has 11 heteroatoms. The Kier molecular flexibility index (Phi) is 8.01. The van der Waals surface area contributed by atoms with E-state index in [0.29, 0.717) is 0 Å². The van der Waals surface area contributed by atoms with E-state index in [2.05, 4.69) is 0 Å². The molecule has 126 valence electrons. The van der Waals surface area contributed by atoms with E-state index in [1.807, 2.05) is 0 Å². The van der Waals surface area contributed by atoms with Crippen LogP contribution in [-0.4, -0.2) is 97.7 Å². The lowest BCUT2D eigenvalue weighted by Crippen LogP contribution is -2.58. The van der Waals surface area contributed by atoms with Gasteiger partial charge in [-0.15, -0.1) is 0 Å². The molecule has 1 unspecified atom stereocenters. The highest BCUT2D eigenvalue weighted by molar-refractivity contribution is 5.74. The van der Waals surface area contributed by atoms with Crippen LogP contribution in [0.15, 0.2) is 0 Å². The smallest absolute Gasteiger partial charge is 0.317 e. The number of carboxylic acids is 4. The number of carbonyl (C=O) groups is 4. The normalized spacial score (nSPS) is 12.6. The van der Waals surface area contributed by atoms with Gasteiger partial charge in [0.1, 0.15) is 0 Å². The molecule has 0 spiro atoms. The Hall–Kier alpha value is -2.24. The van der Waals surface area contributed by atoms with Crippen LogP contribution >= 0.6 is 0 Å². The first-order chi connectivity index (χ1) is 10.0. The van der Waals surface area contributed by atoms with Crippen molar-refractivity contribution in [1.29, 1.82) is 0 Å². The van der Waals surface area contributed by atoms with E-state index < -0.39 is 62.3 Å². The summed E-state index contributed by atoms with van der Waals surface area (Å²) in [7, 11) is 0. The summed E-state index contributed by atoms with van der Waals surface area (Å²) < 4.78 is 0. The van der Waals surface area contributed by atoms with Crippen LogP contribution in [0.2, 0.25) is 0 Å². The quantitative estimate of drug-likeness (QED) is 0.257. The molecule has 0 rings (SSSR count). The fraction of sp³-hybridized carbons (Fsp3) is 0.636. The molecule has 0 heterocycles. The van der Waals surface area contributed by atoms with Gasteiger partial charge in [0.25, 0.3) is 0 Å². The Morgan fingerprint density at radius 1 is 0.727 bits per heavy atom. The van der Waals surface area contributed by atoms with Gasteiger partial charge in [-0.05, 0) is 6.92 Å². The maximum atomic E-state index is 10.8. The topological polar surface area (TPSA) is 176 Å². The molecule has 0 aromatic heterocycles. The predicted octanol–water partition coefficient (Wildman–Crippen LogP) is -2.36. The zero-order chi connectivity index (χ0) is 17.4. The van der Waals surface area contributed by atoms with Crippen molar-refractivity contribution in [3.05, 3.63) is 0 Å². The molecule has 0 saturated heterocycles. The second-order valence-electron chi connectivity index (χ2n) is 4.54. The highest BCUT2D eigenvalue weighted by atomic mass is 16.4. The average molecular weight is 322 g/mol. The van der Waals surface area contributed by atoms with E-state index >= 15 is 0 Å². The Labute approximate surface area is 125 Å². The third kappa shape index (κ3) is 7.52. The zero-order valence-electron chi connectivity index (χ0n) is 11.7. The summed E-state index contributed by atoms with van der Waals surface area (Å²) >= 11 is 0. The van der Waals surface area contributed by atoms with Gasteiger partial charge in [0.2, 0.25) is 0 Å². The molecule has 0 radical (unpaired) electrons. The van der Waals surface area contributed by atoms with E-state index in [4.69, 9.17) is 20.4 Å². The standard InChI is InChI=1S/C11H18N2O9/c1-6(14)11(12(2-7(15)16)3-8(17)18)13(4-9(19)20)5-10(21)22/h6,11,14H,2-5H2,1H3,(H,15,16)(H,17,18)(H,19,20)(H,21,22). The zero-order valence-corrected chi connectivity index (χ0v) is 11.7. The molecular weight excluding hydrogens is 304 g/mol. The fourth-order valence-electron chi connectivity index (χ4n) is 2.02. The summed E-state index contributed by atoms with van der Waals surface area (Å²) in [6.45, 7) is -2.05. The van der Waals surface area contributed by atoms with Crippen LogP contribution in [0.5, 0.6) is 0 Å². The van der Waals surface area contributed by atoms with E-state index in [9.17, 15) is 24.3 Å². The predicted molar refractivity (Wildman–Crippen MR) is 69.2 cm³/mol. The minimum atomic E-state index is -1.41. The van der Waals surface area contributed by atoms with Gasteiger partial charge < -0.3 is 25.5 Å². The van der Waals surface area contributed by atoms with Crippen molar-refractivity contribution in [2.24, 2.45) is 0 Å². The van der Waals surface area contributed by atoms with Gasteiger partial charge in [0, 0.05) is 0 Å². The van der Waals surface area contributed by atoms with Crippen molar-refractivity contribution < 1.29 is 44.7 Å². The van der Waals surface area contributed by atoms with Gasteiger partial charge >= 0.3 is 23.9 Å². The van der Waals surface area contributed by atoms with Gasteiger partial charge in [-0.3, -0.25) is 29.0 Å². The second-order valence-corrected chi connectivity index (χ2v) is 4.54. The third-order valence-electron chi connectivity index (χ3n) is 2.53. The molecule has 0 fully saturated rings. The molecule has 22 heavy (non-hydrogen) atoms. The number of carboxylic acid groups (broad SMARTS) is 4. The third-order valence-corrected chi connectivity index (χ3v) is 2.53. The van der Waals surface area contributed by atoms with Crippen LogP contribution < -0.4 is 0 Å². The van der Waals surface area contributed by atoms with Crippen molar-refractivity contribution >= 4 is 23.9 Å². The van der Waals surface area contributed by atoms with Gasteiger partial charge in [0.15, 0.2) is 0 Å². The average Bonchev–Trinajstić information content (AvgIpc) is 2.23. The molecule has 0 saturated carbocycles. The van der Waals surface area contributed by atoms with E-state index in [-0.39, 0.29) is 0 Å². The van der Waals surface area contributed by atoms with Crippen LogP contribution in [0, 0.1) is 0 Å². The highest BCUT2D eigenvalue weighted by Gasteiger charge is 2.34. The number of aliphatic carboxylic acids is 4. The van der Waals surface area contributed by atoms with Crippen molar-refractivity contribution in [1.82, 2.24) is 9.80 Å². The van der Waals surface area contributed by atoms with Gasteiger partial charge in [-0.2, -0.15) is 0 Å². The van der Waals surface area contributed by atoms with Crippen LogP contribution in [0.25, 0.3) is 0 Å². The van der Waals surface area contributed by atoms with Crippen LogP contribution in [0.3, 0.4) is 0 Å². The first-order valence-electron chi connectivity index (χ1n) is 6.08. The molecule has 0 aromatic rings. The SMILES string of the molecule is CC(O)C(N(CC(=O)O)CC(=O)O)N(CC(=O)O)CC(=O)O. The van der Waals surface area contributed by atoms with Crippen LogP contribution in [0.1, 0.15) is 6.92 Å². The summed E-state index contributed by atoms with van der Waals surface area (Å²) in [4.78, 5) is 44.8. The Morgan fingerprint density at radius 3 is 1.09 bits per heavy atom. The summed E-state index contributed by atoms with van der Waals surface area (Å²) in [6.07, 6.45) is -2.79. The van der Waals surface area contributed by atoms with Crippen molar-refractivity contribution in [2.45, 2.75) is 19.2 Å². The van der Waals surface area contributed by atoms with Crippen LogP contribution in [0.4, 0.5) is 0 Å². The molecule has 1 atom stereocenters. The second kappa shape index (κ2) is 8.92. The Bertz CT molecular complexity index is 369. The lowest BCUT2D eigenvalue weighted by atomic mass is 10.2. The van der Waals surface area contributed by atoms with E-state index in [1.54, 1.807) is 0 Å². The van der Waals surface area contributed by atoms with Gasteiger partial charge in [0.05, 0.1) is 38.4 Å². The molecule has 0 aliphatic rings. The molecule has 0 amide bonds. The van der Waals surface area contributed by atoms with Crippen molar-refractivity contribution in [2.75, 3.05) is 26.2 Å². The Balaban J connectivity index is 5.52. The van der Waals surface area contributed by atoms with Gasteiger partial charge in [-0.25, -0.2) is 0 Å². The largest absolute Gasteiger partial charge is 0.480 e. The summed E-state index contributed by atoms with van der Waals surface area (Å²) in [5, 5.41) is 45.0. The minimum absolute atomic E-state index is 0.779. The maximum Gasteiger partial charge on any atom is 0.317 e. The number of hydrogen-bond donors (Lipinski definition) is 5. The van der Waals surface area contributed by atoms with E-state index in [0.717, 1.165) is 9.80 Å². The molecule has 0 aliphatic heterocycles. The van der Waals surface area contributed by atoms with Crippen LogP contribution in [-0.2, 0) is 19.2 Å². The lowest BCUT2D eigenvalue weighted by molar-refractivity contribution is -0.152. The fourth-order valence-corrected chi connectivity index (χ4v) is 2.02. The summed E-state index contributed by atoms with van der Waals surface area (Å²) in [5.41, 5.74) is 0. The number of aliphatic hydroxyl groups excluding tert-OH is 1. The van der Waals surface area contributed by atoms with E-state index in [1.165, 1.54) is 6.92 Å². The Morgan fingerprint density at radius 2 is 0.955 bits per heavy atom. The summed E-state index contributed by atoms with van der Waals surface area (Å²) in [5.74, 6) is -5.62. The summed E-state index contributed by atoms with van der Waals surface area (Å²) in [6, 6.07) is 0. The molecule has 5 N–H and O–H groups in total. The number of hydrogen-bond acceptors (Lipinski definition) is 7. The van der Waals surface area contributed by atoms with Crippen molar-refractivity contribution in [3.8, 4) is 0 Å². The van der Waals surface area contributed by atoms with Crippen molar-refractivity contribution in [3.63, 3.8) is 0 Å². The highest BCUT2D eigenvalue weighted by Crippen LogP contribution is 2.11. The first kappa shape index (κ1) is 19.8. The monoisotopic (exact) mass is 322 g/mol. The molecule has 0 bridgehead atoms. The van der Waals surface area contributed by atoms with Gasteiger partial charge in [-0.1, -0.05) is 0 Å².